The summed E-state index contributed by atoms with van der Waals surface area (Å²) in [5.74, 6) is 1.70. The summed E-state index contributed by atoms with van der Waals surface area (Å²) in [6.45, 7) is 14.6. The van der Waals surface area contributed by atoms with E-state index in [0.717, 1.165) is 30.6 Å². The molecule has 1 aromatic rings. The molecule has 0 fully saturated rings. The van der Waals surface area contributed by atoms with Gasteiger partial charge < -0.3 is 14.6 Å². The zero-order valence-electron chi connectivity index (χ0n) is 13.8. The molecule has 0 aliphatic carbocycles. The third kappa shape index (κ3) is 22.4. The third-order valence-electron chi connectivity index (χ3n) is 2.76. The number of halogens is 1. The second kappa shape index (κ2) is 23.4. The van der Waals surface area contributed by atoms with Gasteiger partial charge in [0, 0.05) is 28.8 Å². The van der Waals surface area contributed by atoms with Gasteiger partial charge in [0.05, 0.1) is 12.3 Å². The maximum absolute atomic E-state index is 7.75. The van der Waals surface area contributed by atoms with Crippen LogP contribution in [0.5, 0.6) is 0 Å². The van der Waals surface area contributed by atoms with Crippen LogP contribution in [0.1, 0.15) is 33.4 Å². The van der Waals surface area contributed by atoms with E-state index in [1.54, 1.807) is 6.20 Å². The zero-order valence-corrected chi connectivity index (χ0v) is 18.4. The zero-order chi connectivity index (χ0) is 17.8. The van der Waals surface area contributed by atoms with E-state index in [0.29, 0.717) is 6.61 Å². The van der Waals surface area contributed by atoms with Crippen molar-refractivity contribution in [2.75, 3.05) is 13.2 Å². The minimum absolute atomic E-state index is 0.706. The first kappa shape index (κ1) is 27.0. The van der Waals surface area contributed by atoms with Crippen LogP contribution in [0.2, 0.25) is 0 Å². The number of hydrogen-bond acceptors (Lipinski definition) is 4. The molecule has 1 heterocycles. The van der Waals surface area contributed by atoms with E-state index in [1.807, 2.05) is 18.2 Å². The standard InChI is InChI=1S/C8H13N2OP.C6H14.CHO.ClH.Os.H/c12-11-6-5-9-7-8-3-1-2-4-10-8;1-5(2)6(3)4;1-2;;;/h1-4,9H,5-7,12H2;5-6H,1-4H3;1H;1H;;/q;;-1;;+1;/p-1. The summed E-state index contributed by atoms with van der Waals surface area (Å²) in [7, 11) is 6.92. The molecule has 0 saturated carbocycles. The fourth-order valence-electron chi connectivity index (χ4n) is 0.850. The van der Waals surface area contributed by atoms with Crippen molar-refractivity contribution in [1.82, 2.24) is 10.3 Å². The summed E-state index contributed by atoms with van der Waals surface area (Å²) in [5, 5.41) is 3.20. The Morgan fingerprint density at radius 2 is 1.82 bits per heavy atom. The molecule has 7 heteroatoms. The molecule has 1 rings (SSSR count). The molecule has 1 atom stereocenters. The Hall–Kier alpha value is 0.0964. The van der Waals surface area contributed by atoms with Gasteiger partial charge in [0.1, 0.15) is 0 Å². The fourth-order valence-corrected chi connectivity index (χ4v) is 0.968. The van der Waals surface area contributed by atoms with Crippen LogP contribution >= 0.6 is 19.1 Å². The van der Waals surface area contributed by atoms with E-state index >= 15 is 0 Å². The van der Waals surface area contributed by atoms with Gasteiger partial charge in [-0.25, -0.2) is 0 Å². The van der Waals surface area contributed by atoms with Gasteiger partial charge >= 0.3 is 27.2 Å². The Balaban J connectivity index is -0.000000306. The van der Waals surface area contributed by atoms with E-state index in [1.165, 1.54) is 17.6 Å². The summed E-state index contributed by atoms with van der Waals surface area (Å²) in [6, 6.07) is 5.89. The van der Waals surface area contributed by atoms with Gasteiger partial charge in [0.25, 0.3) is 0 Å². The maximum atomic E-state index is 7.75. The Labute approximate surface area is 152 Å². The van der Waals surface area contributed by atoms with Crippen LogP contribution in [-0.4, -0.2) is 24.9 Å². The Kier molecular flexibility index (Phi) is 28.6. The van der Waals surface area contributed by atoms with Crippen LogP contribution in [-0.2, 0) is 33.5 Å². The van der Waals surface area contributed by atoms with E-state index in [9.17, 15) is 0 Å². The summed E-state index contributed by atoms with van der Waals surface area (Å²) in [5.41, 5.74) is 1.06. The summed E-state index contributed by atoms with van der Waals surface area (Å²) >= 11 is 1.19. The molecule has 1 unspecified atom stereocenters. The van der Waals surface area contributed by atoms with Crippen molar-refractivity contribution in [3.63, 3.8) is 0 Å². The molecule has 0 saturated heterocycles. The van der Waals surface area contributed by atoms with Crippen molar-refractivity contribution in [3.8, 4) is 0 Å². The number of carbonyl (C=O) groups excluding carboxylic acids is 1. The van der Waals surface area contributed by atoms with Gasteiger partial charge in [0.2, 0.25) is 0 Å². The average molecular weight is 526 g/mol. The number of rotatable bonds is 6. The molecule has 0 aliphatic heterocycles. The Morgan fingerprint density at radius 3 is 2.18 bits per heavy atom. The summed E-state index contributed by atoms with van der Waals surface area (Å²) < 4.78 is 4.81. The molecule has 0 aromatic carbocycles. The van der Waals surface area contributed by atoms with Gasteiger partial charge in [-0.15, -0.1) is 0 Å². The first-order valence-corrected chi connectivity index (χ1v) is 10.7. The molecule has 0 aliphatic rings. The van der Waals surface area contributed by atoms with E-state index in [4.69, 9.17) is 19.0 Å². The van der Waals surface area contributed by atoms with Crippen molar-refractivity contribution in [1.29, 1.82) is 0 Å². The van der Waals surface area contributed by atoms with E-state index < -0.39 is 0 Å². The number of aromatic nitrogens is 1. The molecule has 132 valence electrons. The van der Waals surface area contributed by atoms with E-state index in [2.05, 4.69) is 54.3 Å². The molecule has 1 aromatic heterocycles. The van der Waals surface area contributed by atoms with Crippen molar-refractivity contribution < 1.29 is 26.9 Å². The van der Waals surface area contributed by atoms with Crippen LogP contribution < -0.4 is 5.32 Å². The number of pyridine rings is 1. The topological polar surface area (TPSA) is 51.2 Å². The minimum atomic E-state index is 0.706. The third-order valence-corrected chi connectivity index (χ3v) is 3.00. The van der Waals surface area contributed by atoms with Gasteiger partial charge in [-0.05, 0) is 24.0 Å². The summed E-state index contributed by atoms with van der Waals surface area (Å²) in [6.07, 6.45) is 1.79. The van der Waals surface area contributed by atoms with Crippen LogP contribution in [0.25, 0.3) is 0 Å². The average Bonchev–Trinajstić information content (AvgIpc) is 2.57. The van der Waals surface area contributed by atoms with Gasteiger partial charge in [-0.1, -0.05) is 33.8 Å². The predicted octanol–water partition coefficient (Wildman–Crippen LogP) is 3.42. The predicted molar refractivity (Wildman–Crippen MR) is 95.3 cm³/mol. The molecule has 0 spiro atoms. The second-order valence-corrected chi connectivity index (χ2v) is 5.19. The van der Waals surface area contributed by atoms with Crippen LogP contribution in [0.4, 0.5) is 0 Å². The molecular weight excluding hydrogens is 497 g/mol. The van der Waals surface area contributed by atoms with Gasteiger partial charge in [-0.2, -0.15) is 0 Å². The van der Waals surface area contributed by atoms with Crippen LogP contribution in [0.15, 0.2) is 24.4 Å². The molecule has 0 bridgehead atoms. The Morgan fingerprint density at radius 1 is 1.27 bits per heavy atom. The van der Waals surface area contributed by atoms with Crippen molar-refractivity contribution in [2.24, 2.45) is 11.8 Å². The molecule has 4 nitrogen and oxygen atoms in total. The normalized spacial score (nSPS) is 9.00. The van der Waals surface area contributed by atoms with Gasteiger partial charge in [0.15, 0.2) is 0 Å². The van der Waals surface area contributed by atoms with Gasteiger partial charge in [-0.3, -0.25) is 11.8 Å². The van der Waals surface area contributed by atoms with Crippen LogP contribution in [0.3, 0.4) is 0 Å². The van der Waals surface area contributed by atoms with Crippen LogP contribution in [0, 0.1) is 11.8 Å². The quantitative estimate of drug-likeness (QED) is 0.268. The fraction of sp³-hybridized carbons (Fsp3) is 0.600. The van der Waals surface area contributed by atoms with Crippen molar-refractivity contribution in [3.05, 3.63) is 30.1 Å². The first-order valence-electron chi connectivity index (χ1n) is 6.88. The molecular formula is C15H29ClN2O2OsP-. The Bertz CT molecular complexity index is 301. The second-order valence-electron chi connectivity index (χ2n) is 4.86. The van der Waals surface area contributed by atoms with Crippen molar-refractivity contribution >= 4 is 25.9 Å². The SMILES string of the molecule is CC(C)C(C)C.POCCNCc1ccccn1.[CH-]=O.[Cl][OsH]. The van der Waals surface area contributed by atoms with E-state index in [-0.39, 0.29) is 0 Å². The number of nitrogens with zero attached hydrogens (tertiary/aromatic N) is 1. The monoisotopic (exact) mass is 527 g/mol. The summed E-state index contributed by atoms with van der Waals surface area (Å²) in [4.78, 5) is 11.9. The number of nitrogens with one attached hydrogen (secondary N) is 1. The molecule has 0 radical (unpaired) electrons. The molecule has 0 amide bonds. The molecule has 1 N–H and O–H groups in total. The first-order chi connectivity index (χ1) is 10.6. The number of hydrogen-bond donors (Lipinski definition) is 1. The van der Waals surface area contributed by atoms with Crippen molar-refractivity contribution in [2.45, 2.75) is 34.2 Å². The molecule has 22 heavy (non-hydrogen) atoms.